The standard InChI is InChI=1S/C27H28BN3O4/c1-18(2)15-25(32)31(24-16-19(13-14-29-24)5-12-26(33)35-4)27(28)21-8-11-23(30-17-21)20-6-9-22(34-3)10-7-20/h5-14,16-18,27H,15H2,1-4H3/b12-5+. The molecular formula is C27H28BN3O4. The second-order valence-electron chi connectivity index (χ2n) is 8.32. The summed E-state index contributed by atoms with van der Waals surface area (Å²) >= 11 is 0. The molecule has 1 unspecified atom stereocenters. The summed E-state index contributed by atoms with van der Waals surface area (Å²) in [6.45, 7) is 3.94. The van der Waals surface area contributed by atoms with Crippen LogP contribution in [0.25, 0.3) is 17.3 Å². The molecular weight excluding hydrogens is 441 g/mol. The molecule has 8 heteroatoms. The predicted octanol–water partition coefficient (Wildman–Crippen LogP) is 4.58. The van der Waals surface area contributed by atoms with Gasteiger partial charge in [0.1, 0.15) is 19.4 Å². The number of rotatable bonds is 9. The van der Waals surface area contributed by atoms with Crippen LogP contribution < -0.4 is 9.64 Å². The molecule has 1 aromatic carbocycles. The van der Waals surface area contributed by atoms with Gasteiger partial charge in [0.25, 0.3) is 0 Å². The van der Waals surface area contributed by atoms with Gasteiger partial charge in [-0.3, -0.25) is 14.7 Å². The van der Waals surface area contributed by atoms with Gasteiger partial charge in [-0.2, -0.15) is 0 Å². The van der Waals surface area contributed by atoms with Crippen molar-refractivity contribution in [2.45, 2.75) is 26.2 Å². The zero-order valence-corrected chi connectivity index (χ0v) is 20.3. The van der Waals surface area contributed by atoms with Crippen LogP contribution in [0.5, 0.6) is 5.75 Å². The molecule has 0 aliphatic carbocycles. The number of nitrogens with zero attached hydrogens (tertiary/aromatic N) is 3. The van der Waals surface area contributed by atoms with Crippen molar-refractivity contribution in [3.63, 3.8) is 0 Å². The van der Waals surface area contributed by atoms with Crippen molar-refractivity contribution in [1.82, 2.24) is 9.97 Å². The van der Waals surface area contributed by atoms with Crippen molar-refractivity contribution < 1.29 is 19.1 Å². The molecule has 178 valence electrons. The molecule has 35 heavy (non-hydrogen) atoms. The molecule has 0 aliphatic heterocycles. The fraction of sp³-hybridized carbons (Fsp3) is 0.259. The van der Waals surface area contributed by atoms with E-state index in [4.69, 9.17) is 12.6 Å². The van der Waals surface area contributed by atoms with Gasteiger partial charge in [-0.25, -0.2) is 9.78 Å². The number of hydrogen-bond donors (Lipinski definition) is 0. The number of pyridine rings is 2. The highest BCUT2D eigenvalue weighted by Gasteiger charge is 2.25. The molecule has 0 fully saturated rings. The third-order valence-corrected chi connectivity index (χ3v) is 5.27. The van der Waals surface area contributed by atoms with Crippen LogP contribution in [0.3, 0.4) is 0 Å². The number of benzene rings is 1. The van der Waals surface area contributed by atoms with Gasteiger partial charge in [0.15, 0.2) is 0 Å². The van der Waals surface area contributed by atoms with Crippen molar-refractivity contribution in [2.75, 3.05) is 19.1 Å². The first kappa shape index (κ1) is 25.7. The highest BCUT2D eigenvalue weighted by atomic mass is 16.5. The van der Waals surface area contributed by atoms with E-state index in [0.717, 1.165) is 17.0 Å². The molecule has 0 aliphatic rings. The van der Waals surface area contributed by atoms with Crippen molar-refractivity contribution in [3.8, 4) is 17.0 Å². The molecule has 7 nitrogen and oxygen atoms in total. The second kappa shape index (κ2) is 12.0. The smallest absolute Gasteiger partial charge is 0.330 e. The van der Waals surface area contributed by atoms with E-state index < -0.39 is 11.9 Å². The molecule has 0 saturated heterocycles. The topological polar surface area (TPSA) is 81.6 Å². The van der Waals surface area contributed by atoms with Crippen molar-refractivity contribution in [1.29, 1.82) is 0 Å². The zero-order valence-electron chi connectivity index (χ0n) is 20.3. The molecule has 2 heterocycles. The highest BCUT2D eigenvalue weighted by Crippen LogP contribution is 2.28. The number of esters is 1. The summed E-state index contributed by atoms with van der Waals surface area (Å²) in [6, 6.07) is 14.7. The first-order valence-corrected chi connectivity index (χ1v) is 11.2. The van der Waals surface area contributed by atoms with Crippen LogP contribution in [-0.2, 0) is 14.3 Å². The summed E-state index contributed by atoms with van der Waals surface area (Å²) < 4.78 is 9.85. The fourth-order valence-electron chi connectivity index (χ4n) is 3.44. The molecule has 2 aromatic heterocycles. The molecule has 3 rings (SSSR count). The summed E-state index contributed by atoms with van der Waals surface area (Å²) in [4.78, 5) is 35.1. The Bertz CT molecular complexity index is 1180. The number of hydrogen-bond acceptors (Lipinski definition) is 6. The number of amides is 1. The van der Waals surface area contributed by atoms with Crippen molar-refractivity contribution >= 4 is 31.6 Å². The Morgan fingerprint density at radius 1 is 1.06 bits per heavy atom. The van der Waals surface area contributed by atoms with E-state index in [2.05, 4.69) is 14.7 Å². The van der Waals surface area contributed by atoms with Gasteiger partial charge in [0.2, 0.25) is 5.91 Å². The van der Waals surface area contributed by atoms with Gasteiger partial charge in [-0.05, 0) is 65.6 Å². The lowest BCUT2D eigenvalue weighted by molar-refractivity contribution is -0.134. The summed E-state index contributed by atoms with van der Waals surface area (Å²) in [5.74, 6) is -0.150. The lowest BCUT2D eigenvalue weighted by Gasteiger charge is -2.30. The average Bonchev–Trinajstić information content (AvgIpc) is 2.87. The molecule has 2 radical (unpaired) electrons. The summed E-state index contributed by atoms with van der Waals surface area (Å²) in [7, 11) is 9.52. The lowest BCUT2D eigenvalue weighted by Crippen LogP contribution is -2.36. The minimum atomic E-state index is -0.800. The summed E-state index contributed by atoms with van der Waals surface area (Å²) in [6.07, 6.45) is 6.44. The first-order chi connectivity index (χ1) is 16.8. The first-order valence-electron chi connectivity index (χ1n) is 11.2. The van der Waals surface area contributed by atoms with E-state index in [9.17, 15) is 9.59 Å². The van der Waals surface area contributed by atoms with Gasteiger partial charge < -0.3 is 9.47 Å². The second-order valence-corrected chi connectivity index (χ2v) is 8.32. The summed E-state index contributed by atoms with van der Waals surface area (Å²) in [5, 5.41) is 0. The average molecular weight is 469 g/mol. The lowest BCUT2D eigenvalue weighted by atomic mass is 9.87. The Morgan fingerprint density at radius 3 is 2.40 bits per heavy atom. The van der Waals surface area contributed by atoms with E-state index in [-0.39, 0.29) is 11.8 Å². The Hall–Kier alpha value is -3.94. The minimum Gasteiger partial charge on any atom is -0.497 e. The number of ether oxygens (including phenoxy) is 2. The Labute approximate surface area is 207 Å². The van der Waals surface area contributed by atoms with Gasteiger partial charge >= 0.3 is 5.97 Å². The van der Waals surface area contributed by atoms with Crippen LogP contribution in [0.2, 0.25) is 0 Å². The number of carbonyl (C=O) groups is 2. The monoisotopic (exact) mass is 469 g/mol. The van der Waals surface area contributed by atoms with Gasteiger partial charge in [0, 0.05) is 36.4 Å². The zero-order chi connectivity index (χ0) is 25.4. The highest BCUT2D eigenvalue weighted by molar-refractivity contribution is 6.17. The van der Waals surface area contributed by atoms with Crippen LogP contribution in [0.4, 0.5) is 5.82 Å². The van der Waals surface area contributed by atoms with E-state index >= 15 is 0 Å². The number of anilines is 1. The van der Waals surface area contributed by atoms with Gasteiger partial charge in [0.05, 0.1) is 19.9 Å². The van der Waals surface area contributed by atoms with Crippen LogP contribution in [-0.4, -0.2) is 43.9 Å². The number of methoxy groups -OCH3 is 2. The predicted molar refractivity (Wildman–Crippen MR) is 137 cm³/mol. The molecule has 0 spiro atoms. The normalized spacial score (nSPS) is 11.9. The molecule has 3 aromatic rings. The quantitative estimate of drug-likeness (QED) is 0.259. The molecule has 0 N–H and O–H groups in total. The van der Waals surface area contributed by atoms with Crippen molar-refractivity contribution in [3.05, 3.63) is 78.1 Å². The molecule has 1 atom stereocenters. The number of carbonyl (C=O) groups excluding carboxylic acids is 2. The maximum Gasteiger partial charge on any atom is 0.330 e. The van der Waals surface area contributed by atoms with Gasteiger partial charge in [-0.1, -0.05) is 19.9 Å². The summed E-state index contributed by atoms with van der Waals surface area (Å²) in [5.41, 5.74) is 3.06. The maximum absolute atomic E-state index is 13.2. The third-order valence-electron chi connectivity index (χ3n) is 5.27. The Kier molecular flexibility index (Phi) is 8.78. The fourth-order valence-corrected chi connectivity index (χ4v) is 3.44. The van der Waals surface area contributed by atoms with Crippen molar-refractivity contribution in [2.24, 2.45) is 5.92 Å². The van der Waals surface area contributed by atoms with E-state index in [1.807, 2.05) is 50.2 Å². The van der Waals surface area contributed by atoms with Crippen LogP contribution >= 0.6 is 0 Å². The molecule has 0 saturated carbocycles. The largest absolute Gasteiger partial charge is 0.497 e. The van der Waals surface area contributed by atoms with E-state index in [1.165, 1.54) is 18.1 Å². The van der Waals surface area contributed by atoms with E-state index in [1.54, 1.807) is 37.7 Å². The SMILES string of the molecule is [B]C(c1ccc(-c2ccc(OC)cc2)nc1)N(C(=O)CC(C)C)c1cc(/C=C/C(=O)OC)ccn1. The Morgan fingerprint density at radius 2 is 1.80 bits per heavy atom. The Balaban J connectivity index is 1.91. The number of aromatic nitrogens is 2. The molecule has 1 amide bonds. The van der Waals surface area contributed by atoms with Crippen LogP contribution in [0.15, 0.2) is 67.0 Å². The van der Waals surface area contributed by atoms with Crippen LogP contribution in [0.1, 0.15) is 37.3 Å². The third kappa shape index (κ3) is 6.79. The van der Waals surface area contributed by atoms with Gasteiger partial charge in [-0.15, -0.1) is 0 Å². The molecule has 0 bridgehead atoms. The van der Waals surface area contributed by atoms with E-state index in [0.29, 0.717) is 23.4 Å². The maximum atomic E-state index is 13.2. The minimum absolute atomic E-state index is 0.134. The van der Waals surface area contributed by atoms with Crippen LogP contribution in [0, 0.1) is 5.92 Å².